The Kier molecular flexibility index (Phi) is 8.47. The molecule has 5 rings (SSSR count). The van der Waals surface area contributed by atoms with Crippen molar-refractivity contribution in [1.29, 1.82) is 0 Å². The first-order valence-electron chi connectivity index (χ1n) is 12.7. The van der Waals surface area contributed by atoms with E-state index >= 15 is 0 Å². The van der Waals surface area contributed by atoms with Crippen molar-refractivity contribution in [2.45, 2.75) is 55.3 Å². The fourth-order valence-corrected chi connectivity index (χ4v) is 4.64. The first-order chi connectivity index (χ1) is 19.6. The lowest BCUT2D eigenvalue weighted by Crippen LogP contribution is -2.61. The Morgan fingerprint density at radius 1 is 0.902 bits per heavy atom. The molecule has 2 aliphatic rings. The van der Waals surface area contributed by atoms with Crippen LogP contribution in [0.5, 0.6) is 17.2 Å². The van der Waals surface area contributed by atoms with Crippen LogP contribution in [0.25, 0.3) is 22.1 Å². The van der Waals surface area contributed by atoms with E-state index in [1.54, 1.807) is 6.07 Å². The summed E-state index contributed by atoms with van der Waals surface area (Å²) in [6, 6.07) is 8.73. The van der Waals surface area contributed by atoms with Crippen LogP contribution in [0, 0.1) is 0 Å². The van der Waals surface area contributed by atoms with E-state index in [1.807, 2.05) is 0 Å². The number of hydrogen-bond donors (Lipinski definition) is 7. The normalized spacial score (nSPS) is 32.1. The first kappa shape index (κ1) is 29.2. The van der Waals surface area contributed by atoms with Gasteiger partial charge < -0.3 is 63.8 Å². The molecule has 0 spiro atoms. The van der Waals surface area contributed by atoms with Gasteiger partial charge in [0.1, 0.15) is 60.3 Å². The minimum Gasteiger partial charge on any atom is -0.504 e. The zero-order chi connectivity index (χ0) is 29.4. The number of rotatable bonds is 7. The highest BCUT2D eigenvalue weighted by Gasteiger charge is 2.46. The first-order valence-corrected chi connectivity index (χ1v) is 12.7. The summed E-state index contributed by atoms with van der Waals surface area (Å²) < 4.78 is 32.5. The van der Waals surface area contributed by atoms with Gasteiger partial charge in [-0.25, -0.2) is 0 Å². The molecular formula is C27H30O14. The van der Waals surface area contributed by atoms with E-state index in [-0.39, 0.29) is 45.8 Å². The van der Waals surface area contributed by atoms with Crippen LogP contribution in [0.15, 0.2) is 51.9 Å². The number of aliphatic hydroxyl groups is 6. The Morgan fingerprint density at radius 2 is 1.66 bits per heavy atom. The zero-order valence-corrected chi connectivity index (χ0v) is 21.6. The van der Waals surface area contributed by atoms with Crippen molar-refractivity contribution < 1.29 is 63.8 Å². The average Bonchev–Trinajstić information content (AvgIpc) is 2.96. The van der Waals surface area contributed by atoms with Crippen molar-refractivity contribution in [3.8, 4) is 28.4 Å². The van der Waals surface area contributed by atoms with Crippen LogP contribution in [0.1, 0.15) is 0 Å². The highest BCUT2D eigenvalue weighted by Crippen LogP contribution is 2.32. The van der Waals surface area contributed by atoms with Crippen LogP contribution in [0.4, 0.5) is 0 Å². The van der Waals surface area contributed by atoms with Gasteiger partial charge in [-0.2, -0.15) is 0 Å². The molecule has 2 saturated heterocycles. The van der Waals surface area contributed by atoms with Gasteiger partial charge in [0, 0.05) is 6.07 Å². The number of ether oxygens (including phenoxy) is 5. The number of aliphatic hydroxyl groups excluding tert-OH is 6. The van der Waals surface area contributed by atoms with Crippen molar-refractivity contribution >= 4 is 11.0 Å². The van der Waals surface area contributed by atoms with E-state index in [2.05, 4.69) is 0 Å². The number of hydrogen-bond acceptors (Lipinski definition) is 14. The zero-order valence-electron chi connectivity index (χ0n) is 21.6. The van der Waals surface area contributed by atoms with E-state index in [4.69, 9.17) is 28.1 Å². The average molecular weight is 579 g/mol. The number of benzene rings is 2. The summed E-state index contributed by atoms with van der Waals surface area (Å²) in [7, 11) is 1.41. The molecule has 0 amide bonds. The third kappa shape index (κ3) is 5.74. The van der Waals surface area contributed by atoms with Gasteiger partial charge in [-0.3, -0.25) is 4.79 Å². The molecule has 222 valence electrons. The smallest absolute Gasteiger partial charge is 0.229 e. The van der Waals surface area contributed by atoms with Crippen LogP contribution >= 0.6 is 0 Å². The lowest BCUT2D eigenvalue weighted by atomic mass is 9.99. The van der Waals surface area contributed by atoms with Crippen molar-refractivity contribution in [2.24, 2.45) is 0 Å². The van der Waals surface area contributed by atoms with Crippen molar-refractivity contribution in [1.82, 2.24) is 0 Å². The summed E-state index contributed by atoms with van der Waals surface area (Å²) in [5, 5.41) is 70.9. The van der Waals surface area contributed by atoms with E-state index in [0.717, 1.165) is 0 Å². The molecule has 7 N–H and O–H groups in total. The maximum atomic E-state index is 13.1. The predicted octanol–water partition coefficient (Wildman–Crippen LogP) is -1.18. The lowest BCUT2D eigenvalue weighted by molar-refractivity contribution is -0.307. The van der Waals surface area contributed by atoms with Gasteiger partial charge in [-0.1, -0.05) is 6.07 Å². The Balaban J connectivity index is 1.30. The summed E-state index contributed by atoms with van der Waals surface area (Å²) in [6.07, 6.45) is -12.2. The standard InChI is InChI=1S/C27H30O14/c1-36-17-5-2-11(6-15(17)28)14-8-37-18-7-12(3-4-13(18)20(14)30)40-27-25(35)23(33)22(32)19(41-27)10-39-26-24(34)21(31)16(29)9-38-26/h2-8,16,19,21-29,31-35H,9-10H2,1H3/t16-,19-,21+,22-,23+,24-,25-,26+,27-/m1/s1. The van der Waals surface area contributed by atoms with E-state index in [9.17, 15) is 40.5 Å². The van der Waals surface area contributed by atoms with Crippen molar-refractivity contribution in [3.63, 3.8) is 0 Å². The molecule has 41 heavy (non-hydrogen) atoms. The number of fused-ring (bicyclic) bond motifs is 1. The highest BCUT2D eigenvalue weighted by atomic mass is 16.7. The summed E-state index contributed by atoms with van der Waals surface area (Å²) in [6.45, 7) is -0.738. The van der Waals surface area contributed by atoms with Gasteiger partial charge in [-0.05, 0) is 29.8 Å². The molecule has 1 aromatic heterocycles. The van der Waals surface area contributed by atoms with Gasteiger partial charge in [0.05, 0.1) is 31.3 Å². The molecular weight excluding hydrogens is 548 g/mol. The fraction of sp³-hybridized carbons (Fsp3) is 0.444. The third-order valence-electron chi connectivity index (χ3n) is 7.04. The number of phenols is 1. The number of methoxy groups -OCH3 is 1. The second kappa shape index (κ2) is 11.9. The maximum Gasteiger partial charge on any atom is 0.229 e. The summed E-state index contributed by atoms with van der Waals surface area (Å²) in [5.74, 6) is 0.206. The second-order valence-electron chi connectivity index (χ2n) is 9.74. The van der Waals surface area contributed by atoms with Crippen LogP contribution in [-0.2, 0) is 14.2 Å². The van der Waals surface area contributed by atoms with Crippen molar-refractivity contribution in [3.05, 3.63) is 52.9 Å². The van der Waals surface area contributed by atoms with E-state index in [0.29, 0.717) is 5.56 Å². The van der Waals surface area contributed by atoms with Gasteiger partial charge in [0.25, 0.3) is 0 Å². The number of aromatic hydroxyl groups is 1. The monoisotopic (exact) mass is 578 g/mol. The second-order valence-corrected chi connectivity index (χ2v) is 9.74. The molecule has 9 atom stereocenters. The molecule has 2 aromatic carbocycles. The van der Waals surface area contributed by atoms with E-state index < -0.39 is 61.9 Å². The molecule has 3 aromatic rings. The minimum absolute atomic E-state index is 0.103. The highest BCUT2D eigenvalue weighted by molar-refractivity contribution is 5.83. The van der Waals surface area contributed by atoms with Crippen molar-refractivity contribution in [2.75, 3.05) is 20.3 Å². The van der Waals surface area contributed by atoms with Crippen LogP contribution in [0.3, 0.4) is 0 Å². The summed E-state index contributed by atoms with van der Waals surface area (Å²) >= 11 is 0. The molecule has 3 heterocycles. The molecule has 0 radical (unpaired) electrons. The quantitative estimate of drug-likeness (QED) is 0.176. The van der Waals surface area contributed by atoms with Crippen LogP contribution in [-0.4, -0.2) is 111 Å². The number of phenolic OH excluding ortho intramolecular Hbond substituents is 1. The molecule has 2 aliphatic heterocycles. The lowest BCUT2D eigenvalue weighted by Gasteiger charge is -2.41. The fourth-order valence-electron chi connectivity index (χ4n) is 4.64. The van der Waals surface area contributed by atoms with Crippen LogP contribution in [0.2, 0.25) is 0 Å². The third-order valence-corrected chi connectivity index (χ3v) is 7.04. The maximum absolute atomic E-state index is 13.1. The molecule has 0 unspecified atom stereocenters. The summed E-state index contributed by atoms with van der Waals surface area (Å²) in [5.41, 5.74) is 0.376. The van der Waals surface area contributed by atoms with Gasteiger partial charge in [0.2, 0.25) is 6.29 Å². The van der Waals surface area contributed by atoms with Gasteiger partial charge in [0.15, 0.2) is 23.2 Å². The Bertz CT molecular complexity index is 1420. The topological polar surface area (TPSA) is 218 Å². The SMILES string of the molecule is COc1ccc(-c2coc3cc(O[C@@H]4O[C@H](CO[C@@H]5OC[C@@H](O)[C@H](O)[C@H]5O)[C@@H](O)[C@H](O)[C@H]4O)ccc3c2=O)cc1O. The Hall–Kier alpha value is -3.31. The Labute approximate surface area is 232 Å². The minimum atomic E-state index is -1.70. The van der Waals surface area contributed by atoms with E-state index in [1.165, 1.54) is 43.7 Å². The molecule has 14 nitrogen and oxygen atoms in total. The van der Waals surface area contributed by atoms with Gasteiger partial charge in [-0.15, -0.1) is 0 Å². The van der Waals surface area contributed by atoms with Crippen LogP contribution < -0.4 is 14.9 Å². The molecule has 14 heteroatoms. The van der Waals surface area contributed by atoms with Gasteiger partial charge >= 0.3 is 0 Å². The Morgan fingerprint density at radius 3 is 2.39 bits per heavy atom. The largest absolute Gasteiger partial charge is 0.504 e. The predicted molar refractivity (Wildman–Crippen MR) is 137 cm³/mol. The molecule has 0 bridgehead atoms. The summed E-state index contributed by atoms with van der Waals surface area (Å²) in [4.78, 5) is 13.1. The molecule has 0 saturated carbocycles. The molecule has 0 aliphatic carbocycles. The molecule has 2 fully saturated rings.